The SMILES string of the molecule is CCCCN(CCCC)C/C(=C/CN(C)C)CC. The number of hydrogen-bond donors (Lipinski definition) is 0. The fourth-order valence-corrected chi connectivity index (χ4v) is 1.95. The molecule has 0 heterocycles. The zero-order valence-electron chi connectivity index (χ0n) is 13.3. The molecule has 108 valence electrons. The Kier molecular flexibility index (Phi) is 11.5. The number of rotatable bonds is 11. The summed E-state index contributed by atoms with van der Waals surface area (Å²) in [4.78, 5) is 4.87. The Labute approximate surface area is 115 Å². The van der Waals surface area contributed by atoms with Gasteiger partial charge in [0.05, 0.1) is 0 Å². The van der Waals surface area contributed by atoms with Crippen molar-refractivity contribution in [3.05, 3.63) is 11.6 Å². The van der Waals surface area contributed by atoms with Gasteiger partial charge in [-0.2, -0.15) is 0 Å². The summed E-state index contributed by atoms with van der Waals surface area (Å²) in [5, 5.41) is 0. The van der Waals surface area contributed by atoms with Crippen molar-refractivity contribution in [3.63, 3.8) is 0 Å². The van der Waals surface area contributed by atoms with Crippen LogP contribution in [-0.2, 0) is 0 Å². The van der Waals surface area contributed by atoms with Gasteiger partial charge >= 0.3 is 0 Å². The smallest absolute Gasteiger partial charge is 0.0193 e. The first kappa shape index (κ1) is 17.7. The third kappa shape index (κ3) is 9.67. The van der Waals surface area contributed by atoms with Gasteiger partial charge in [0.1, 0.15) is 0 Å². The average molecular weight is 254 g/mol. The summed E-state index contributed by atoms with van der Waals surface area (Å²) in [6, 6.07) is 0. The normalized spacial score (nSPS) is 12.7. The Morgan fingerprint density at radius 1 is 0.944 bits per heavy atom. The molecule has 2 heteroatoms. The Hall–Kier alpha value is -0.340. The van der Waals surface area contributed by atoms with Crippen LogP contribution >= 0.6 is 0 Å². The quantitative estimate of drug-likeness (QED) is 0.518. The van der Waals surface area contributed by atoms with Gasteiger partial charge in [0.2, 0.25) is 0 Å². The summed E-state index contributed by atoms with van der Waals surface area (Å²) in [5.74, 6) is 0. The van der Waals surface area contributed by atoms with E-state index in [9.17, 15) is 0 Å². The number of nitrogens with zero attached hydrogens (tertiary/aromatic N) is 2. The molecule has 0 bridgehead atoms. The number of likely N-dealkylation sites (N-methyl/N-ethyl adjacent to an activating group) is 1. The molecule has 0 aromatic carbocycles. The zero-order valence-corrected chi connectivity index (χ0v) is 13.3. The molecule has 0 N–H and O–H groups in total. The minimum absolute atomic E-state index is 1.07. The second-order valence-corrected chi connectivity index (χ2v) is 5.46. The summed E-state index contributed by atoms with van der Waals surface area (Å²) in [6.07, 6.45) is 8.84. The van der Waals surface area contributed by atoms with Crippen molar-refractivity contribution < 1.29 is 0 Å². The summed E-state index contributed by atoms with van der Waals surface area (Å²) < 4.78 is 0. The van der Waals surface area contributed by atoms with E-state index in [1.54, 1.807) is 5.57 Å². The monoisotopic (exact) mass is 254 g/mol. The summed E-state index contributed by atoms with van der Waals surface area (Å²) in [6.45, 7) is 11.6. The highest BCUT2D eigenvalue weighted by atomic mass is 15.1. The maximum atomic E-state index is 2.64. The highest BCUT2D eigenvalue weighted by Crippen LogP contribution is 2.07. The van der Waals surface area contributed by atoms with Gasteiger partial charge in [-0.3, -0.25) is 4.90 Å². The molecule has 0 aliphatic carbocycles. The van der Waals surface area contributed by atoms with Crippen LogP contribution in [0.5, 0.6) is 0 Å². The van der Waals surface area contributed by atoms with E-state index in [1.807, 2.05) is 0 Å². The van der Waals surface area contributed by atoms with Crippen molar-refractivity contribution in [2.24, 2.45) is 0 Å². The van der Waals surface area contributed by atoms with Gasteiger partial charge in [0.15, 0.2) is 0 Å². The molecule has 0 radical (unpaired) electrons. The lowest BCUT2D eigenvalue weighted by molar-refractivity contribution is 0.284. The second-order valence-electron chi connectivity index (χ2n) is 5.46. The molecule has 0 saturated heterocycles. The van der Waals surface area contributed by atoms with E-state index in [4.69, 9.17) is 0 Å². The van der Waals surface area contributed by atoms with Crippen LogP contribution in [0.3, 0.4) is 0 Å². The summed E-state index contributed by atoms with van der Waals surface area (Å²) >= 11 is 0. The van der Waals surface area contributed by atoms with Crippen LogP contribution in [0, 0.1) is 0 Å². The molecular weight excluding hydrogens is 220 g/mol. The van der Waals surface area contributed by atoms with Gasteiger partial charge in [0.25, 0.3) is 0 Å². The fraction of sp³-hybridized carbons (Fsp3) is 0.875. The summed E-state index contributed by atoms with van der Waals surface area (Å²) in [7, 11) is 4.27. The Balaban J connectivity index is 4.26. The van der Waals surface area contributed by atoms with E-state index >= 15 is 0 Å². The molecule has 2 nitrogen and oxygen atoms in total. The number of hydrogen-bond acceptors (Lipinski definition) is 2. The third-order valence-corrected chi connectivity index (χ3v) is 3.28. The van der Waals surface area contributed by atoms with Crippen molar-refractivity contribution in [2.75, 3.05) is 40.3 Å². The molecular formula is C16H34N2. The lowest BCUT2D eigenvalue weighted by Crippen LogP contribution is -2.28. The molecule has 18 heavy (non-hydrogen) atoms. The minimum atomic E-state index is 1.07. The molecule has 0 saturated carbocycles. The van der Waals surface area contributed by atoms with Gasteiger partial charge in [-0.15, -0.1) is 0 Å². The van der Waals surface area contributed by atoms with Gasteiger partial charge < -0.3 is 4.90 Å². The lowest BCUT2D eigenvalue weighted by Gasteiger charge is -2.23. The van der Waals surface area contributed by atoms with Crippen molar-refractivity contribution in [1.82, 2.24) is 9.80 Å². The predicted octanol–water partition coefficient (Wildman–Crippen LogP) is 3.79. The Bertz CT molecular complexity index is 201. The van der Waals surface area contributed by atoms with Crippen LogP contribution in [0.1, 0.15) is 52.9 Å². The van der Waals surface area contributed by atoms with Crippen molar-refractivity contribution in [3.8, 4) is 0 Å². The van der Waals surface area contributed by atoms with Crippen LogP contribution in [0.25, 0.3) is 0 Å². The van der Waals surface area contributed by atoms with Crippen molar-refractivity contribution in [1.29, 1.82) is 0 Å². The van der Waals surface area contributed by atoms with Crippen LogP contribution < -0.4 is 0 Å². The molecule has 0 aromatic rings. The molecule has 0 amide bonds. The molecule has 0 spiro atoms. The van der Waals surface area contributed by atoms with E-state index in [-0.39, 0.29) is 0 Å². The summed E-state index contributed by atoms with van der Waals surface area (Å²) in [5.41, 5.74) is 1.59. The molecule has 0 unspecified atom stereocenters. The molecule has 0 rings (SSSR count). The van der Waals surface area contributed by atoms with Crippen molar-refractivity contribution in [2.45, 2.75) is 52.9 Å². The largest absolute Gasteiger partial charge is 0.306 e. The molecule has 0 fully saturated rings. The van der Waals surface area contributed by atoms with Crippen LogP contribution in [-0.4, -0.2) is 50.1 Å². The van der Waals surface area contributed by atoms with Gasteiger partial charge in [-0.25, -0.2) is 0 Å². The highest BCUT2D eigenvalue weighted by Gasteiger charge is 2.06. The highest BCUT2D eigenvalue weighted by molar-refractivity contribution is 5.04. The average Bonchev–Trinajstić information content (AvgIpc) is 2.36. The zero-order chi connectivity index (χ0) is 13.8. The third-order valence-electron chi connectivity index (χ3n) is 3.28. The molecule has 0 aliphatic rings. The Morgan fingerprint density at radius 3 is 1.89 bits per heavy atom. The van der Waals surface area contributed by atoms with E-state index in [0.717, 1.165) is 6.54 Å². The van der Waals surface area contributed by atoms with E-state index in [1.165, 1.54) is 51.7 Å². The number of unbranched alkanes of at least 4 members (excludes halogenated alkanes) is 2. The first-order valence-electron chi connectivity index (χ1n) is 7.68. The minimum Gasteiger partial charge on any atom is -0.306 e. The van der Waals surface area contributed by atoms with Crippen LogP contribution in [0.4, 0.5) is 0 Å². The first-order valence-corrected chi connectivity index (χ1v) is 7.68. The van der Waals surface area contributed by atoms with Gasteiger partial charge in [0, 0.05) is 13.1 Å². The van der Waals surface area contributed by atoms with Crippen molar-refractivity contribution >= 4 is 0 Å². The van der Waals surface area contributed by atoms with Gasteiger partial charge in [-0.1, -0.05) is 45.3 Å². The molecule has 0 atom stereocenters. The van der Waals surface area contributed by atoms with Crippen LogP contribution in [0.15, 0.2) is 11.6 Å². The van der Waals surface area contributed by atoms with E-state index < -0.39 is 0 Å². The second kappa shape index (κ2) is 11.7. The predicted molar refractivity (Wildman–Crippen MR) is 83.2 cm³/mol. The molecule has 0 aliphatic heterocycles. The first-order chi connectivity index (χ1) is 8.63. The van der Waals surface area contributed by atoms with E-state index in [0.29, 0.717) is 0 Å². The fourth-order valence-electron chi connectivity index (χ4n) is 1.95. The van der Waals surface area contributed by atoms with Gasteiger partial charge in [-0.05, 0) is 46.4 Å². The standard InChI is InChI=1S/C16H34N2/c1-6-9-12-18(13-10-7-2)15-16(8-3)11-14-17(4)5/h11H,6-10,12-15H2,1-5H3/b16-11+. The lowest BCUT2D eigenvalue weighted by atomic mass is 10.1. The maximum Gasteiger partial charge on any atom is 0.0193 e. The molecule has 0 aromatic heterocycles. The maximum absolute atomic E-state index is 2.64. The van der Waals surface area contributed by atoms with E-state index in [2.05, 4.69) is 50.7 Å². The Morgan fingerprint density at radius 2 is 1.50 bits per heavy atom. The topological polar surface area (TPSA) is 6.48 Å². The van der Waals surface area contributed by atoms with Crippen LogP contribution in [0.2, 0.25) is 0 Å².